The van der Waals surface area contributed by atoms with Crippen LogP contribution in [0.25, 0.3) is 28.4 Å². The van der Waals surface area contributed by atoms with Gasteiger partial charge >= 0.3 is 0 Å². The van der Waals surface area contributed by atoms with E-state index in [0.29, 0.717) is 35.0 Å². The summed E-state index contributed by atoms with van der Waals surface area (Å²) in [6.07, 6.45) is 33.0. The number of fused-ring (bicyclic) bond motifs is 6. The second-order valence-corrected chi connectivity index (χ2v) is 19.4. The van der Waals surface area contributed by atoms with Crippen LogP contribution in [-0.4, -0.2) is 32.8 Å². The number of allylic oxidation sites excluding steroid dienone is 10. The van der Waals surface area contributed by atoms with Gasteiger partial charge in [0.1, 0.15) is 5.82 Å². The van der Waals surface area contributed by atoms with Gasteiger partial charge in [-0.05, 0) is 108 Å². The molecule has 1 fully saturated rings. The van der Waals surface area contributed by atoms with Crippen LogP contribution in [0.3, 0.4) is 0 Å². The van der Waals surface area contributed by atoms with E-state index < -0.39 is 0 Å². The Kier molecular flexibility index (Phi) is 8.76. The number of aromatic nitrogens is 2. The summed E-state index contributed by atoms with van der Waals surface area (Å²) in [5.41, 5.74) is 11.0. The van der Waals surface area contributed by atoms with Crippen molar-refractivity contribution in [3.63, 3.8) is 0 Å². The zero-order chi connectivity index (χ0) is 38.3. The third-order valence-electron chi connectivity index (χ3n) is 14.6. The summed E-state index contributed by atoms with van der Waals surface area (Å²) in [7, 11) is 2.26. The predicted octanol–water partition coefficient (Wildman–Crippen LogP) is 12.8. The first kappa shape index (κ1) is 36.0. The Bertz CT molecular complexity index is 2420. The molecule has 9 unspecified atom stereocenters. The summed E-state index contributed by atoms with van der Waals surface area (Å²) in [6.45, 7) is 12.2. The van der Waals surface area contributed by atoms with Gasteiger partial charge in [0.15, 0.2) is 0 Å². The molecule has 10 rings (SSSR count). The molecule has 0 bridgehead atoms. The molecule has 1 saturated heterocycles. The van der Waals surface area contributed by atoms with E-state index in [1.165, 1.54) is 56.4 Å². The van der Waals surface area contributed by atoms with Crippen molar-refractivity contribution in [1.82, 2.24) is 14.5 Å². The van der Waals surface area contributed by atoms with Crippen LogP contribution in [0.1, 0.15) is 93.8 Å². The van der Waals surface area contributed by atoms with Crippen molar-refractivity contribution >= 4 is 34.3 Å². The smallest absolute Gasteiger partial charge is 0.137 e. The predicted molar refractivity (Wildman–Crippen MR) is 238 cm³/mol. The first-order valence-corrected chi connectivity index (χ1v) is 21.9. The lowest BCUT2D eigenvalue weighted by Gasteiger charge is -2.40. The largest absolute Gasteiger partial charge is 0.294 e. The van der Waals surface area contributed by atoms with Crippen molar-refractivity contribution in [3.8, 4) is 5.82 Å². The van der Waals surface area contributed by atoms with Crippen molar-refractivity contribution in [1.29, 1.82) is 0 Å². The lowest BCUT2D eigenvalue weighted by Crippen LogP contribution is -2.39. The van der Waals surface area contributed by atoms with Crippen molar-refractivity contribution in [2.24, 2.45) is 28.6 Å². The zero-order valence-corrected chi connectivity index (χ0v) is 34.6. The minimum Gasteiger partial charge on any atom is -0.294 e. The molecule has 284 valence electrons. The fourth-order valence-corrected chi connectivity index (χ4v) is 13.3. The molecule has 56 heavy (non-hydrogen) atoms. The molecule has 9 atom stereocenters. The van der Waals surface area contributed by atoms with Crippen LogP contribution in [0, 0.1) is 28.6 Å². The number of likely N-dealkylation sites (N-methyl/N-ethyl adjacent to an activating group) is 1. The molecule has 4 heterocycles. The third-order valence-corrected chi connectivity index (χ3v) is 16.2. The van der Waals surface area contributed by atoms with E-state index in [-0.39, 0.29) is 16.9 Å². The van der Waals surface area contributed by atoms with Crippen LogP contribution in [0.2, 0.25) is 0 Å². The second kappa shape index (κ2) is 13.6. The third kappa shape index (κ3) is 5.69. The van der Waals surface area contributed by atoms with E-state index in [0.717, 1.165) is 25.1 Å². The van der Waals surface area contributed by atoms with Gasteiger partial charge in [0.25, 0.3) is 0 Å². The summed E-state index contributed by atoms with van der Waals surface area (Å²) in [5.74, 6) is 3.30. The maximum Gasteiger partial charge on any atom is 0.137 e. The molecule has 0 amide bonds. The number of pyridine rings is 1. The van der Waals surface area contributed by atoms with Crippen LogP contribution in [-0.2, 0) is 6.42 Å². The standard InChI is InChI=1S/C52H55N3S/c1-33-13-10-17-39(29-33)51(4)28-26-45-43(31-51)42-22-20-37(41-18-12-27-52(5)49-34(2)14-11-19-47(49)56-50(41)52)30-46(42)55(45)48-25-21-38(32-53-48)44-24-23-40(35(3)54(44)6)36-15-8-7-9-16-36/h7-13,15-26,28,30,32-35,40,44,47,49H,14,27,29,31H2,1-6H3. The monoisotopic (exact) mass is 753 g/mol. The van der Waals surface area contributed by atoms with E-state index in [1.54, 1.807) is 4.91 Å². The van der Waals surface area contributed by atoms with E-state index in [4.69, 9.17) is 4.98 Å². The molecular formula is C52H55N3S. The summed E-state index contributed by atoms with van der Waals surface area (Å²) in [6, 6.07) is 23.4. The highest BCUT2D eigenvalue weighted by atomic mass is 32.2. The molecule has 0 N–H and O–H groups in total. The molecule has 4 heteroatoms. The molecule has 0 spiro atoms. The lowest BCUT2D eigenvalue weighted by molar-refractivity contribution is 0.189. The zero-order valence-electron chi connectivity index (χ0n) is 33.8. The minimum absolute atomic E-state index is 0.0210. The van der Waals surface area contributed by atoms with Crippen molar-refractivity contribution < 1.29 is 0 Å². The van der Waals surface area contributed by atoms with Crippen molar-refractivity contribution in [2.45, 2.75) is 83.6 Å². The summed E-state index contributed by atoms with van der Waals surface area (Å²) in [5, 5.41) is 1.91. The Balaban J connectivity index is 1.07. The molecule has 4 aliphatic carbocycles. The number of thioether (sulfide) groups is 1. The Hall–Kier alpha value is -4.38. The average Bonchev–Trinajstić information content (AvgIpc) is 3.70. The molecule has 2 aromatic heterocycles. The van der Waals surface area contributed by atoms with E-state index in [1.807, 2.05) is 0 Å². The van der Waals surface area contributed by atoms with Gasteiger partial charge in [-0.25, -0.2) is 4.98 Å². The fourth-order valence-electron chi connectivity index (χ4n) is 11.3. The molecule has 6 aliphatic rings. The van der Waals surface area contributed by atoms with E-state index in [2.05, 4.69) is 197 Å². The SMILES string of the molecule is CC1C=CC=C(C2(C)C=Cc3c(c4ccc(C5=C6SC7C=CCC(C)C7C6(C)CC=C5)cc4n3-c3ccc(C4C=CC(c5ccccc5)C(C)N4C)cn3)C2)C1. The summed E-state index contributed by atoms with van der Waals surface area (Å²) in [4.78, 5) is 9.39. The van der Waals surface area contributed by atoms with Gasteiger partial charge in [0.2, 0.25) is 0 Å². The quantitative estimate of drug-likeness (QED) is 0.189. The van der Waals surface area contributed by atoms with Crippen molar-refractivity contribution in [3.05, 3.63) is 166 Å². The first-order valence-electron chi connectivity index (χ1n) is 21.0. The molecule has 3 nitrogen and oxygen atoms in total. The van der Waals surface area contributed by atoms with Crippen LogP contribution < -0.4 is 0 Å². The summed E-state index contributed by atoms with van der Waals surface area (Å²) < 4.78 is 2.46. The van der Waals surface area contributed by atoms with Crippen LogP contribution in [0.5, 0.6) is 0 Å². The number of hydrogen-bond donors (Lipinski definition) is 0. The maximum atomic E-state index is 5.30. The number of benzene rings is 2. The van der Waals surface area contributed by atoms with Gasteiger partial charge < -0.3 is 0 Å². The van der Waals surface area contributed by atoms with Crippen LogP contribution >= 0.6 is 11.8 Å². The average molecular weight is 754 g/mol. The highest BCUT2D eigenvalue weighted by Crippen LogP contribution is 2.64. The Morgan fingerprint density at radius 1 is 0.875 bits per heavy atom. The Morgan fingerprint density at radius 2 is 1.73 bits per heavy atom. The highest BCUT2D eigenvalue weighted by molar-refractivity contribution is 8.04. The number of rotatable bonds is 5. The van der Waals surface area contributed by atoms with E-state index in [9.17, 15) is 0 Å². The molecule has 2 aromatic carbocycles. The lowest BCUT2D eigenvalue weighted by atomic mass is 9.63. The summed E-state index contributed by atoms with van der Waals surface area (Å²) >= 11 is 2.14. The Labute approximate surface area is 338 Å². The number of hydrogen-bond acceptors (Lipinski definition) is 3. The Morgan fingerprint density at radius 3 is 2.54 bits per heavy atom. The number of nitrogens with zero attached hydrogens (tertiary/aromatic N) is 3. The fraction of sp³-hybridized carbons (Fsp3) is 0.365. The van der Waals surface area contributed by atoms with E-state index >= 15 is 0 Å². The van der Waals surface area contributed by atoms with Crippen molar-refractivity contribution in [2.75, 3.05) is 7.05 Å². The maximum absolute atomic E-state index is 5.30. The molecular weight excluding hydrogens is 699 g/mol. The normalized spacial score (nSPS) is 33.5. The minimum atomic E-state index is -0.0210. The molecule has 4 aromatic rings. The first-order chi connectivity index (χ1) is 27.1. The molecule has 0 saturated carbocycles. The second-order valence-electron chi connectivity index (χ2n) is 18.3. The topological polar surface area (TPSA) is 21.1 Å². The van der Waals surface area contributed by atoms with Gasteiger partial charge in [0.05, 0.1) is 17.3 Å². The van der Waals surface area contributed by atoms with Gasteiger partial charge in [-0.15, -0.1) is 11.8 Å². The van der Waals surface area contributed by atoms with Gasteiger partial charge in [0, 0.05) is 39.6 Å². The van der Waals surface area contributed by atoms with Gasteiger partial charge in [-0.2, -0.15) is 0 Å². The molecule has 0 radical (unpaired) electrons. The molecule has 2 aliphatic heterocycles. The van der Waals surface area contributed by atoms with Crippen LogP contribution in [0.15, 0.2) is 138 Å². The van der Waals surface area contributed by atoms with Crippen LogP contribution in [0.4, 0.5) is 0 Å². The highest BCUT2D eigenvalue weighted by Gasteiger charge is 2.52. The van der Waals surface area contributed by atoms with Gasteiger partial charge in [-0.3, -0.25) is 9.47 Å². The van der Waals surface area contributed by atoms with Gasteiger partial charge in [-0.1, -0.05) is 143 Å².